The molecule has 0 saturated heterocycles. The fourth-order valence-electron chi connectivity index (χ4n) is 12.9. The zero-order valence-electron chi connectivity index (χ0n) is 60.4. The molecule has 0 aromatic heterocycles. The molecule has 0 aliphatic heterocycles. The molecule has 0 aromatic carbocycles. The molecule has 6 nitrogen and oxygen atoms in total. The zero-order valence-corrected chi connectivity index (χ0v) is 60.4. The lowest BCUT2D eigenvalue weighted by Crippen LogP contribution is -2.45. The third-order valence-corrected chi connectivity index (χ3v) is 19.1. The highest BCUT2D eigenvalue weighted by Crippen LogP contribution is 2.20. The number of hydrogen-bond acceptors (Lipinski definition) is 5. The van der Waals surface area contributed by atoms with Crippen molar-refractivity contribution in [3.05, 3.63) is 36.5 Å². The number of rotatable bonds is 77. The molecule has 0 aliphatic carbocycles. The fraction of sp³-hybridized carbons (Fsp3) is 0.904. The normalized spacial score (nSPS) is 12.6. The first-order chi connectivity index (χ1) is 44.0. The maximum atomic E-state index is 12.5. The molecule has 0 heterocycles. The third kappa shape index (κ3) is 75.0. The van der Waals surface area contributed by atoms with Crippen LogP contribution in [0.2, 0.25) is 0 Å². The number of allylic oxidation sites excluding steroid dienone is 5. The number of nitrogens with one attached hydrogen (secondary N) is 1. The van der Waals surface area contributed by atoms with Crippen LogP contribution < -0.4 is 5.32 Å². The number of ether oxygens (including phenoxy) is 1. The molecule has 0 aromatic rings. The number of aliphatic hydroxyl groups excluding tert-OH is 2. The summed E-state index contributed by atoms with van der Waals surface area (Å²) < 4.78 is 5.49. The van der Waals surface area contributed by atoms with Gasteiger partial charge in [0.1, 0.15) is 0 Å². The number of unbranched alkanes of at least 4 members (excludes halogenated alkanes) is 62. The molecule has 0 saturated carbocycles. The zero-order chi connectivity index (χ0) is 64.2. The SMILES string of the molecule is CCCCCCC/C=C\CCCCCCCC(=O)OCCCCCCCCCCCCCCCCCCCC/C=C\CCCCCCCCCCCCCCCCCCCC(=O)NC(CO)C(O)/C=C/CCCCCCCCCCCCCCCCCCC. The molecular formula is C83H159NO5. The predicted molar refractivity (Wildman–Crippen MR) is 393 cm³/mol. The van der Waals surface area contributed by atoms with Crippen LogP contribution in [0.1, 0.15) is 457 Å². The number of amides is 1. The molecule has 89 heavy (non-hydrogen) atoms. The molecule has 0 aliphatic rings. The summed E-state index contributed by atoms with van der Waals surface area (Å²) in [6.45, 7) is 4.94. The van der Waals surface area contributed by atoms with Crippen LogP contribution in [0.5, 0.6) is 0 Å². The smallest absolute Gasteiger partial charge is 0.305 e. The van der Waals surface area contributed by atoms with Crippen molar-refractivity contribution < 1.29 is 24.5 Å². The lowest BCUT2D eigenvalue weighted by molar-refractivity contribution is -0.143. The molecule has 0 fully saturated rings. The third-order valence-electron chi connectivity index (χ3n) is 19.1. The molecule has 1 amide bonds. The molecule has 2 atom stereocenters. The van der Waals surface area contributed by atoms with Crippen molar-refractivity contribution in [2.75, 3.05) is 13.2 Å². The Morgan fingerprint density at radius 2 is 0.528 bits per heavy atom. The van der Waals surface area contributed by atoms with Crippen LogP contribution in [-0.4, -0.2) is 47.4 Å². The van der Waals surface area contributed by atoms with Gasteiger partial charge in [-0.3, -0.25) is 9.59 Å². The number of carbonyl (C=O) groups excluding carboxylic acids is 2. The minimum absolute atomic E-state index is 0.0144. The van der Waals surface area contributed by atoms with E-state index in [9.17, 15) is 19.8 Å². The quantitative estimate of drug-likeness (QED) is 0.0320. The van der Waals surface area contributed by atoms with E-state index in [1.807, 2.05) is 6.08 Å². The van der Waals surface area contributed by atoms with Gasteiger partial charge < -0.3 is 20.3 Å². The van der Waals surface area contributed by atoms with Crippen molar-refractivity contribution in [3.8, 4) is 0 Å². The summed E-state index contributed by atoms with van der Waals surface area (Å²) in [6.07, 6.45) is 103. The Bertz CT molecular complexity index is 1440. The lowest BCUT2D eigenvalue weighted by atomic mass is 10.0. The highest BCUT2D eigenvalue weighted by atomic mass is 16.5. The van der Waals surface area contributed by atoms with Gasteiger partial charge in [0.2, 0.25) is 5.91 Å². The van der Waals surface area contributed by atoms with Crippen LogP contribution in [-0.2, 0) is 14.3 Å². The molecule has 526 valence electrons. The van der Waals surface area contributed by atoms with Crippen LogP contribution in [0.25, 0.3) is 0 Å². The minimum atomic E-state index is -0.842. The highest BCUT2D eigenvalue weighted by molar-refractivity contribution is 5.76. The summed E-state index contributed by atoms with van der Waals surface area (Å²) in [6, 6.07) is -0.625. The second kappa shape index (κ2) is 78.5. The minimum Gasteiger partial charge on any atom is -0.466 e. The number of hydrogen-bond donors (Lipinski definition) is 3. The van der Waals surface area contributed by atoms with E-state index in [2.05, 4.69) is 43.5 Å². The van der Waals surface area contributed by atoms with Crippen molar-refractivity contribution in [2.24, 2.45) is 0 Å². The topological polar surface area (TPSA) is 95.9 Å². The van der Waals surface area contributed by atoms with Gasteiger partial charge in [0, 0.05) is 12.8 Å². The average molecular weight is 1250 g/mol. The highest BCUT2D eigenvalue weighted by Gasteiger charge is 2.18. The van der Waals surface area contributed by atoms with Crippen molar-refractivity contribution in [1.29, 1.82) is 0 Å². The van der Waals surface area contributed by atoms with E-state index in [-0.39, 0.29) is 18.5 Å². The lowest BCUT2D eigenvalue weighted by Gasteiger charge is -2.20. The van der Waals surface area contributed by atoms with E-state index in [0.29, 0.717) is 19.4 Å². The Labute approximate surface area is 557 Å². The van der Waals surface area contributed by atoms with Gasteiger partial charge in [-0.15, -0.1) is 0 Å². The van der Waals surface area contributed by atoms with E-state index < -0.39 is 12.1 Å². The van der Waals surface area contributed by atoms with Crippen LogP contribution in [0.15, 0.2) is 36.5 Å². The van der Waals surface area contributed by atoms with E-state index in [1.165, 1.54) is 385 Å². The van der Waals surface area contributed by atoms with Crippen LogP contribution in [0.4, 0.5) is 0 Å². The number of aliphatic hydroxyl groups is 2. The van der Waals surface area contributed by atoms with Gasteiger partial charge >= 0.3 is 5.97 Å². The summed E-state index contributed by atoms with van der Waals surface area (Å²) in [5.74, 6) is -0.0451. The maximum absolute atomic E-state index is 12.5. The van der Waals surface area contributed by atoms with E-state index in [4.69, 9.17) is 4.74 Å². The first kappa shape index (κ1) is 87.1. The Kier molecular flexibility index (Phi) is 76.8. The van der Waals surface area contributed by atoms with E-state index in [0.717, 1.165) is 44.9 Å². The first-order valence-corrected chi connectivity index (χ1v) is 40.8. The Morgan fingerprint density at radius 1 is 0.303 bits per heavy atom. The summed E-state index contributed by atoms with van der Waals surface area (Å²) >= 11 is 0. The van der Waals surface area contributed by atoms with Gasteiger partial charge in [-0.2, -0.15) is 0 Å². The summed E-state index contributed by atoms with van der Waals surface area (Å²) in [7, 11) is 0. The predicted octanol–water partition coefficient (Wildman–Crippen LogP) is 27.0. The Morgan fingerprint density at radius 3 is 0.798 bits per heavy atom. The van der Waals surface area contributed by atoms with Crippen LogP contribution >= 0.6 is 0 Å². The first-order valence-electron chi connectivity index (χ1n) is 40.8. The molecule has 3 N–H and O–H groups in total. The van der Waals surface area contributed by atoms with Gasteiger partial charge in [0.25, 0.3) is 0 Å². The van der Waals surface area contributed by atoms with Crippen molar-refractivity contribution in [1.82, 2.24) is 5.32 Å². The fourth-order valence-corrected chi connectivity index (χ4v) is 12.9. The molecule has 2 unspecified atom stereocenters. The van der Waals surface area contributed by atoms with E-state index >= 15 is 0 Å². The van der Waals surface area contributed by atoms with Gasteiger partial charge in [-0.05, 0) is 83.5 Å². The maximum Gasteiger partial charge on any atom is 0.305 e. The second-order valence-electron chi connectivity index (χ2n) is 28.1. The summed E-state index contributed by atoms with van der Waals surface area (Å²) in [4.78, 5) is 24.6. The van der Waals surface area contributed by atoms with E-state index in [1.54, 1.807) is 6.08 Å². The van der Waals surface area contributed by atoms with Crippen LogP contribution in [0, 0.1) is 0 Å². The summed E-state index contributed by atoms with van der Waals surface area (Å²) in [5.41, 5.74) is 0. The Hall–Kier alpha value is -1.92. The molecule has 0 radical (unpaired) electrons. The largest absolute Gasteiger partial charge is 0.466 e. The molecule has 0 bridgehead atoms. The van der Waals surface area contributed by atoms with Gasteiger partial charge in [0.15, 0.2) is 0 Å². The summed E-state index contributed by atoms with van der Waals surface area (Å²) in [5, 5.41) is 23.3. The number of esters is 1. The Balaban J connectivity index is 3.34. The number of carbonyl (C=O) groups is 2. The van der Waals surface area contributed by atoms with Crippen molar-refractivity contribution >= 4 is 11.9 Å². The van der Waals surface area contributed by atoms with Gasteiger partial charge in [-0.25, -0.2) is 0 Å². The van der Waals surface area contributed by atoms with Gasteiger partial charge in [0.05, 0.1) is 25.4 Å². The average Bonchev–Trinajstić information content (AvgIpc) is 3.63. The molecule has 0 rings (SSSR count). The van der Waals surface area contributed by atoms with Crippen molar-refractivity contribution in [3.63, 3.8) is 0 Å². The second-order valence-corrected chi connectivity index (χ2v) is 28.1. The molecule has 6 heteroatoms. The standard InChI is InChI=1S/C83H159NO5/c1-3-5-7-9-11-13-15-17-19-20-42-45-48-51-55-59-63-67-71-75-81(86)80(79-85)84-82(87)76-72-68-64-60-56-52-49-46-43-40-38-36-34-32-30-28-26-24-22-21-23-25-27-29-31-33-35-37-39-41-44-47-50-54-58-62-66-70-74-78-89-83(88)77-73-69-65-61-57-53-18-16-14-12-10-8-6-4-2/h16,18,21-22,71,75,80-81,85-86H,3-15,17,19-20,23-70,72-74,76-79H2,1-2H3,(H,84,87)/b18-16-,22-21-,75-71+. The van der Waals surface area contributed by atoms with Crippen LogP contribution in [0.3, 0.4) is 0 Å². The molecule has 0 spiro atoms. The molecular weight excluding hydrogens is 1090 g/mol. The van der Waals surface area contributed by atoms with Gasteiger partial charge in [-0.1, -0.05) is 397 Å². The van der Waals surface area contributed by atoms with Crippen molar-refractivity contribution in [2.45, 2.75) is 469 Å². The monoisotopic (exact) mass is 1250 g/mol.